The van der Waals surface area contributed by atoms with E-state index in [4.69, 9.17) is 0 Å². The van der Waals surface area contributed by atoms with E-state index >= 15 is 0 Å². The highest BCUT2D eigenvalue weighted by atomic mass is 79.9. The Bertz CT molecular complexity index is 766. The Morgan fingerprint density at radius 1 is 0.913 bits per heavy atom. The minimum atomic E-state index is -0.129. The molecule has 0 fully saturated rings. The lowest BCUT2D eigenvalue weighted by Gasteiger charge is -2.13. The average molecular weight is 479 g/mol. The summed E-state index contributed by atoms with van der Waals surface area (Å²) in [5.74, 6) is -0.251. The predicted octanol–water partition coefficient (Wildman–Crippen LogP) is 6.44. The van der Waals surface area contributed by atoms with Crippen molar-refractivity contribution in [3.05, 3.63) is 18.0 Å². The molecule has 1 aliphatic rings. The van der Waals surface area contributed by atoms with Crippen molar-refractivity contribution in [2.45, 2.75) is 45.4 Å². The molecule has 2 aromatic rings. The number of halogens is 2. The van der Waals surface area contributed by atoms with Gasteiger partial charge in [0, 0.05) is 11.9 Å². The number of carbonyl (C=O) groups is 2. The number of amides is 2. The summed E-state index contributed by atoms with van der Waals surface area (Å²) in [6.45, 7) is 2.73. The van der Waals surface area contributed by atoms with Crippen molar-refractivity contribution in [3.8, 4) is 0 Å². The van der Waals surface area contributed by atoms with Crippen molar-refractivity contribution in [3.63, 3.8) is 0 Å². The molecule has 0 aliphatic carbocycles. The molecular formula is C16H17Br2NO2S2. The number of fused-ring (bicyclic) bond motifs is 3. The van der Waals surface area contributed by atoms with Crippen LogP contribution in [0.3, 0.4) is 0 Å². The van der Waals surface area contributed by atoms with Gasteiger partial charge in [0.25, 0.3) is 11.8 Å². The molecule has 3 heterocycles. The number of hydrogen-bond acceptors (Lipinski definition) is 4. The van der Waals surface area contributed by atoms with Crippen molar-refractivity contribution < 1.29 is 9.59 Å². The molecular weight excluding hydrogens is 462 g/mol. The minimum absolute atomic E-state index is 0.122. The number of nitrogens with zero attached hydrogens (tertiary/aromatic N) is 1. The molecule has 0 bridgehead atoms. The van der Waals surface area contributed by atoms with E-state index < -0.39 is 0 Å². The number of rotatable bonds is 7. The molecule has 7 heteroatoms. The van der Waals surface area contributed by atoms with E-state index in [0.717, 1.165) is 30.5 Å². The van der Waals surface area contributed by atoms with E-state index in [9.17, 15) is 9.59 Å². The number of hydrogen-bond donors (Lipinski definition) is 0. The second kappa shape index (κ2) is 7.33. The largest absolute Gasteiger partial charge is 0.274 e. The predicted molar refractivity (Wildman–Crippen MR) is 104 cm³/mol. The first-order valence-corrected chi connectivity index (χ1v) is 11.0. The van der Waals surface area contributed by atoms with Gasteiger partial charge in [0.1, 0.15) is 4.88 Å². The van der Waals surface area contributed by atoms with Crippen LogP contribution in [0.5, 0.6) is 0 Å². The minimum Gasteiger partial charge on any atom is -0.274 e. The molecule has 0 spiro atoms. The van der Waals surface area contributed by atoms with E-state index in [1.807, 2.05) is 0 Å². The van der Waals surface area contributed by atoms with Crippen molar-refractivity contribution in [2.75, 3.05) is 6.54 Å². The third-order valence-corrected chi connectivity index (χ3v) is 8.21. The maximum absolute atomic E-state index is 12.7. The topological polar surface area (TPSA) is 37.4 Å². The third-order valence-electron chi connectivity index (χ3n) is 4.10. The lowest BCUT2D eigenvalue weighted by Crippen LogP contribution is -2.30. The number of thiophene rings is 2. The first-order chi connectivity index (χ1) is 11.1. The lowest BCUT2D eigenvalue weighted by atomic mass is 10.1. The quantitative estimate of drug-likeness (QED) is 0.339. The van der Waals surface area contributed by atoms with Gasteiger partial charge in [0.2, 0.25) is 0 Å². The Hall–Kier alpha value is -0.240. The Morgan fingerprint density at radius 3 is 2.35 bits per heavy atom. The molecule has 3 nitrogen and oxygen atoms in total. The smallest absolute Gasteiger partial charge is 0.271 e. The summed E-state index contributed by atoms with van der Waals surface area (Å²) < 4.78 is 2.88. The van der Waals surface area contributed by atoms with Crippen molar-refractivity contribution in [1.82, 2.24) is 4.90 Å². The van der Waals surface area contributed by atoms with Gasteiger partial charge in [0.05, 0.1) is 17.8 Å². The van der Waals surface area contributed by atoms with Crippen LogP contribution in [0.2, 0.25) is 0 Å². The van der Waals surface area contributed by atoms with Crippen LogP contribution in [-0.4, -0.2) is 23.3 Å². The highest BCUT2D eigenvalue weighted by Crippen LogP contribution is 2.48. The highest BCUT2D eigenvalue weighted by molar-refractivity contribution is 9.12. The summed E-state index contributed by atoms with van der Waals surface area (Å²) in [6, 6.07) is 0. The van der Waals surface area contributed by atoms with Crippen molar-refractivity contribution in [1.29, 1.82) is 0 Å². The maximum atomic E-state index is 12.7. The van der Waals surface area contributed by atoms with Gasteiger partial charge in [-0.15, -0.1) is 22.7 Å². The SMILES string of the molecule is CCCCCCCCN1C(=O)c2sc3c(Br)sc(Br)c3c2C1=O. The molecule has 1 aliphatic heterocycles. The van der Waals surface area contributed by atoms with Gasteiger partial charge in [-0.3, -0.25) is 14.5 Å². The lowest BCUT2D eigenvalue weighted by molar-refractivity contribution is 0.0653. The van der Waals surface area contributed by atoms with E-state index in [1.54, 1.807) is 11.3 Å². The number of unbranched alkanes of at least 4 members (excludes halogenated alkanes) is 5. The van der Waals surface area contributed by atoms with E-state index in [2.05, 4.69) is 38.8 Å². The van der Waals surface area contributed by atoms with Gasteiger partial charge >= 0.3 is 0 Å². The summed E-state index contributed by atoms with van der Waals surface area (Å²) in [5, 5.41) is 0.894. The van der Waals surface area contributed by atoms with Gasteiger partial charge < -0.3 is 0 Å². The monoisotopic (exact) mass is 477 g/mol. The van der Waals surface area contributed by atoms with E-state index in [0.29, 0.717) is 17.0 Å². The van der Waals surface area contributed by atoms with Crippen LogP contribution in [0.1, 0.15) is 65.5 Å². The van der Waals surface area contributed by atoms with Gasteiger partial charge in [-0.25, -0.2) is 0 Å². The van der Waals surface area contributed by atoms with Crippen LogP contribution in [0.4, 0.5) is 0 Å². The van der Waals surface area contributed by atoms with Gasteiger partial charge in [-0.2, -0.15) is 0 Å². The molecule has 2 amide bonds. The molecule has 0 radical (unpaired) electrons. The Labute approximate surface area is 160 Å². The standard InChI is InChI=1S/C16H17Br2NO2S2/c1-2-3-4-5-6-7-8-19-15(20)10-9-11(14(18)23-13(9)17)22-12(10)16(19)21/h2-8H2,1H3. The summed E-state index contributed by atoms with van der Waals surface area (Å²) in [7, 11) is 0. The summed E-state index contributed by atoms with van der Waals surface area (Å²) >= 11 is 10.00. The fraction of sp³-hybridized carbons (Fsp3) is 0.500. The third kappa shape index (κ3) is 3.17. The Balaban J connectivity index is 1.71. The summed E-state index contributed by atoms with van der Waals surface area (Å²) in [5.41, 5.74) is 0.592. The van der Waals surface area contributed by atoms with Gasteiger partial charge in [0.15, 0.2) is 0 Å². The molecule has 0 unspecified atom stereocenters. The van der Waals surface area contributed by atoms with Crippen LogP contribution >= 0.6 is 54.5 Å². The molecule has 0 saturated carbocycles. The summed E-state index contributed by atoms with van der Waals surface area (Å²) in [4.78, 5) is 27.3. The van der Waals surface area contributed by atoms with E-state index in [-0.39, 0.29) is 11.8 Å². The molecule has 0 atom stereocenters. The van der Waals surface area contributed by atoms with Gasteiger partial charge in [-0.1, -0.05) is 39.0 Å². The van der Waals surface area contributed by atoms with Crippen molar-refractivity contribution in [2.24, 2.45) is 0 Å². The molecule has 2 aromatic heterocycles. The fourth-order valence-electron chi connectivity index (χ4n) is 2.89. The van der Waals surface area contributed by atoms with Crippen LogP contribution in [0.25, 0.3) is 10.1 Å². The zero-order chi connectivity index (χ0) is 16.6. The Kier molecular flexibility index (Phi) is 5.61. The molecule has 0 aromatic carbocycles. The number of imide groups is 1. The average Bonchev–Trinajstić information content (AvgIpc) is 3.10. The Morgan fingerprint density at radius 2 is 1.61 bits per heavy atom. The summed E-state index contributed by atoms with van der Waals surface area (Å²) in [6.07, 6.45) is 6.88. The first kappa shape index (κ1) is 17.6. The highest BCUT2D eigenvalue weighted by Gasteiger charge is 2.40. The first-order valence-electron chi connectivity index (χ1n) is 7.82. The molecule has 0 saturated heterocycles. The van der Waals surface area contributed by atoms with Crippen LogP contribution in [0.15, 0.2) is 7.57 Å². The van der Waals surface area contributed by atoms with Crippen molar-refractivity contribution >= 4 is 76.4 Å². The zero-order valence-corrected chi connectivity index (χ0v) is 17.6. The van der Waals surface area contributed by atoms with Gasteiger partial charge in [-0.05, 0) is 38.3 Å². The zero-order valence-electron chi connectivity index (χ0n) is 12.8. The van der Waals surface area contributed by atoms with E-state index in [1.165, 1.54) is 41.9 Å². The normalized spacial score (nSPS) is 14.3. The molecule has 124 valence electrons. The van der Waals surface area contributed by atoms with Crippen LogP contribution < -0.4 is 0 Å². The molecule has 3 rings (SSSR count). The van der Waals surface area contributed by atoms with Crippen LogP contribution in [0, 0.1) is 0 Å². The second-order valence-electron chi connectivity index (χ2n) is 5.69. The molecule has 0 N–H and O–H groups in total. The second-order valence-corrected chi connectivity index (χ2v) is 10.4. The number of carbonyl (C=O) groups excluding carboxylic acids is 2. The maximum Gasteiger partial charge on any atom is 0.271 e. The fourth-order valence-corrected chi connectivity index (χ4v) is 7.53. The molecule has 23 heavy (non-hydrogen) atoms. The van der Waals surface area contributed by atoms with Crippen LogP contribution in [-0.2, 0) is 0 Å².